The highest BCUT2D eigenvalue weighted by molar-refractivity contribution is 5.96. The summed E-state index contributed by atoms with van der Waals surface area (Å²) in [6, 6.07) is 14.4. The van der Waals surface area contributed by atoms with Crippen molar-refractivity contribution in [3.05, 3.63) is 54.1 Å². The van der Waals surface area contributed by atoms with E-state index in [0.29, 0.717) is 31.0 Å². The number of rotatable bonds is 15. The van der Waals surface area contributed by atoms with Gasteiger partial charge in [-0.3, -0.25) is 9.59 Å². The van der Waals surface area contributed by atoms with Crippen molar-refractivity contribution in [1.82, 2.24) is 5.32 Å². The molecule has 174 valence electrons. The average molecular weight is 442 g/mol. The van der Waals surface area contributed by atoms with Gasteiger partial charge in [-0.2, -0.15) is 0 Å². The fourth-order valence-electron chi connectivity index (χ4n) is 3.05. The zero-order valence-corrected chi connectivity index (χ0v) is 19.1. The second kappa shape index (κ2) is 14.9. The van der Waals surface area contributed by atoms with Crippen LogP contribution in [0.15, 0.2) is 48.5 Å². The average Bonchev–Trinajstić information content (AvgIpc) is 2.81. The number of unbranched alkanes of at least 4 members (excludes halogenated alkanes) is 4. The lowest BCUT2D eigenvalue weighted by atomic mass is 10.2. The molecule has 2 aromatic rings. The third kappa shape index (κ3) is 9.83. The molecule has 2 rings (SSSR count). The summed E-state index contributed by atoms with van der Waals surface area (Å²) in [6.45, 7) is 3.94. The Balaban J connectivity index is 1.73. The largest absolute Gasteiger partial charge is 0.494 e. The van der Waals surface area contributed by atoms with E-state index in [9.17, 15) is 9.59 Å². The van der Waals surface area contributed by atoms with Crippen molar-refractivity contribution in [2.45, 2.75) is 39.0 Å². The molecule has 0 saturated heterocycles. The molecule has 0 aliphatic rings. The topological polar surface area (TPSA) is 88.7 Å². The molecule has 2 amide bonds. The first-order valence-corrected chi connectivity index (χ1v) is 11.3. The summed E-state index contributed by atoms with van der Waals surface area (Å²) in [5.74, 6) is 0.444. The van der Waals surface area contributed by atoms with Crippen molar-refractivity contribution in [3.8, 4) is 5.75 Å². The second-order valence-electron chi connectivity index (χ2n) is 7.52. The maximum atomic E-state index is 12.3. The predicted molar refractivity (Wildman–Crippen MR) is 128 cm³/mol. The predicted octanol–water partition coefficient (Wildman–Crippen LogP) is 4.46. The zero-order chi connectivity index (χ0) is 23.0. The Bertz CT molecular complexity index is 824. The Labute approximate surface area is 190 Å². The Morgan fingerprint density at radius 3 is 2.44 bits per heavy atom. The number of benzene rings is 2. The number of carbonyl (C=O) groups excluding carboxylic acids is 2. The highest BCUT2D eigenvalue weighted by atomic mass is 16.5. The van der Waals surface area contributed by atoms with E-state index < -0.39 is 0 Å². The van der Waals surface area contributed by atoms with Crippen LogP contribution in [0.4, 0.5) is 11.4 Å². The molecule has 7 heteroatoms. The molecule has 3 N–H and O–H groups in total. The zero-order valence-electron chi connectivity index (χ0n) is 19.1. The Kier molecular flexibility index (Phi) is 11.7. The molecule has 0 fully saturated rings. The molecule has 0 aliphatic heterocycles. The van der Waals surface area contributed by atoms with Gasteiger partial charge in [0.05, 0.1) is 19.8 Å². The Morgan fingerprint density at radius 2 is 1.69 bits per heavy atom. The first kappa shape index (κ1) is 25.2. The van der Waals surface area contributed by atoms with Crippen LogP contribution >= 0.6 is 0 Å². The molecule has 7 nitrogen and oxygen atoms in total. The molecule has 0 unspecified atom stereocenters. The van der Waals surface area contributed by atoms with Crippen molar-refractivity contribution in [3.63, 3.8) is 0 Å². The summed E-state index contributed by atoms with van der Waals surface area (Å²) in [4.78, 5) is 24.3. The smallest absolute Gasteiger partial charge is 0.251 e. The third-order valence-electron chi connectivity index (χ3n) is 4.83. The van der Waals surface area contributed by atoms with Crippen molar-refractivity contribution in [2.24, 2.45) is 0 Å². The first-order chi connectivity index (χ1) is 15.6. The normalized spacial score (nSPS) is 10.4. The van der Waals surface area contributed by atoms with Gasteiger partial charge in [0, 0.05) is 36.7 Å². The van der Waals surface area contributed by atoms with E-state index in [4.69, 9.17) is 9.47 Å². The van der Waals surface area contributed by atoms with Gasteiger partial charge < -0.3 is 25.4 Å². The number of carbonyl (C=O) groups is 2. The van der Waals surface area contributed by atoms with Gasteiger partial charge in [0.2, 0.25) is 5.91 Å². The molecule has 0 saturated carbocycles. The highest BCUT2D eigenvalue weighted by Gasteiger charge is 2.07. The fourth-order valence-corrected chi connectivity index (χ4v) is 3.05. The third-order valence-corrected chi connectivity index (χ3v) is 4.83. The first-order valence-electron chi connectivity index (χ1n) is 11.3. The Morgan fingerprint density at radius 1 is 0.906 bits per heavy atom. The van der Waals surface area contributed by atoms with E-state index in [1.807, 2.05) is 24.3 Å². The molecule has 0 aromatic heterocycles. The minimum absolute atomic E-state index is 0.125. The van der Waals surface area contributed by atoms with Gasteiger partial charge in [-0.1, -0.05) is 38.7 Å². The van der Waals surface area contributed by atoms with Crippen molar-refractivity contribution < 1.29 is 19.1 Å². The number of ether oxygens (including phenoxy) is 2. The van der Waals surface area contributed by atoms with Crippen LogP contribution in [0.2, 0.25) is 0 Å². The number of anilines is 2. The van der Waals surface area contributed by atoms with Crippen molar-refractivity contribution >= 4 is 23.2 Å². The van der Waals surface area contributed by atoms with Gasteiger partial charge >= 0.3 is 0 Å². The van der Waals surface area contributed by atoms with Crippen molar-refractivity contribution in [1.29, 1.82) is 0 Å². The number of nitrogens with one attached hydrogen (secondary N) is 3. The van der Waals surface area contributed by atoms with Crippen molar-refractivity contribution in [2.75, 3.05) is 44.0 Å². The highest BCUT2D eigenvalue weighted by Crippen LogP contribution is 2.18. The lowest BCUT2D eigenvalue weighted by molar-refractivity contribution is -0.114. The number of amides is 2. The monoisotopic (exact) mass is 441 g/mol. The number of hydrogen-bond acceptors (Lipinski definition) is 5. The van der Waals surface area contributed by atoms with Crippen LogP contribution in [0, 0.1) is 0 Å². The SMILES string of the molecule is CCCCCCCOc1cccc(NCC(=O)Nc2ccc(C(=O)NCCOC)cc2)c1. The molecule has 0 atom stereocenters. The summed E-state index contributed by atoms with van der Waals surface area (Å²) in [7, 11) is 1.58. The van der Waals surface area contributed by atoms with Gasteiger partial charge in [0.25, 0.3) is 5.91 Å². The summed E-state index contributed by atoms with van der Waals surface area (Å²) < 4.78 is 10.7. The summed E-state index contributed by atoms with van der Waals surface area (Å²) in [5, 5.41) is 8.69. The van der Waals surface area contributed by atoms with Gasteiger partial charge in [-0.05, 0) is 42.8 Å². The van der Waals surface area contributed by atoms with Gasteiger partial charge in [0.15, 0.2) is 0 Å². The number of hydrogen-bond donors (Lipinski definition) is 3. The van der Waals surface area contributed by atoms with Crippen LogP contribution in [0.25, 0.3) is 0 Å². The van der Waals surface area contributed by atoms with Crippen LogP contribution in [-0.4, -0.2) is 45.2 Å². The second-order valence-corrected chi connectivity index (χ2v) is 7.52. The maximum Gasteiger partial charge on any atom is 0.251 e. The maximum absolute atomic E-state index is 12.3. The van der Waals surface area contributed by atoms with E-state index in [1.165, 1.54) is 25.7 Å². The molecule has 0 radical (unpaired) electrons. The molecular formula is C25H35N3O4. The van der Waals surface area contributed by atoms with E-state index in [-0.39, 0.29) is 18.4 Å². The van der Waals surface area contributed by atoms with Gasteiger partial charge in [-0.25, -0.2) is 0 Å². The summed E-state index contributed by atoms with van der Waals surface area (Å²) in [6.07, 6.45) is 6.00. The Hall–Kier alpha value is -3.06. The summed E-state index contributed by atoms with van der Waals surface area (Å²) in [5.41, 5.74) is 1.98. The van der Waals surface area contributed by atoms with E-state index >= 15 is 0 Å². The van der Waals surface area contributed by atoms with Gasteiger partial charge in [-0.15, -0.1) is 0 Å². The van der Waals surface area contributed by atoms with E-state index in [0.717, 1.165) is 17.9 Å². The van der Waals surface area contributed by atoms with E-state index in [2.05, 4.69) is 22.9 Å². The van der Waals surface area contributed by atoms with Crippen LogP contribution in [0.5, 0.6) is 5.75 Å². The lowest BCUT2D eigenvalue weighted by Gasteiger charge is -2.11. The van der Waals surface area contributed by atoms with Crippen LogP contribution in [0.3, 0.4) is 0 Å². The van der Waals surface area contributed by atoms with Crippen LogP contribution in [0.1, 0.15) is 49.4 Å². The molecule has 0 spiro atoms. The lowest BCUT2D eigenvalue weighted by Crippen LogP contribution is -2.27. The van der Waals surface area contributed by atoms with Gasteiger partial charge in [0.1, 0.15) is 5.75 Å². The standard InChI is InChI=1S/C25H35N3O4/c1-3-4-5-6-7-16-32-23-10-8-9-22(18-23)27-19-24(29)28-21-13-11-20(12-14-21)25(30)26-15-17-31-2/h8-14,18,27H,3-7,15-17,19H2,1-2H3,(H,26,30)(H,28,29). The quantitative estimate of drug-likeness (QED) is 0.355. The summed E-state index contributed by atoms with van der Waals surface area (Å²) >= 11 is 0. The van der Waals surface area contributed by atoms with Crippen LogP contribution < -0.4 is 20.7 Å². The molecule has 2 aromatic carbocycles. The molecule has 0 aliphatic carbocycles. The molecule has 32 heavy (non-hydrogen) atoms. The molecule has 0 heterocycles. The fraction of sp³-hybridized carbons (Fsp3) is 0.440. The molecular weight excluding hydrogens is 406 g/mol. The number of methoxy groups -OCH3 is 1. The minimum Gasteiger partial charge on any atom is -0.494 e. The molecule has 0 bridgehead atoms. The minimum atomic E-state index is -0.176. The van der Waals surface area contributed by atoms with Crippen LogP contribution in [-0.2, 0) is 9.53 Å². The van der Waals surface area contributed by atoms with E-state index in [1.54, 1.807) is 31.4 Å².